The third kappa shape index (κ3) is 6.01. The third-order valence-electron chi connectivity index (χ3n) is 5.03. The van der Waals surface area contributed by atoms with Crippen molar-refractivity contribution in [3.05, 3.63) is 29.3 Å². The molecule has 1 aromatic carbocycles. The number of halogens is 1. The lowest BCUT2D eigenvalue weighted by Gasteiger charge is -2.26. The Kier molecular flexibility index (Phi) is 8.47. The summed E-state index contributed by atoms with van der Waals surface area (Å²) in [6.45, 7) is 8.29. The first kappa shape index (κ1) is 21.3. The van der Waals surface area contributed by atoms with Gasteiger partial charge in [-0.1, -0.05) is 12.1 Å². The minimum absolute atomic E-state index is 0. The molecular weight excluding hydrogens is 439 g/mol. The van der Waals surface area contributed by atoms with Crippen LogP contribution in [0.25, 0.3) is 0 Å². The molecule has 1 heterocycles. The number of nitrogens with zero attached hydrogens (tertiary/aromatic N) is 2. The summed E-state index contributed by atoms with van der Waals surface area (Å²) in [5, 5.41) is 6.87. The van der Waals surface area contributed by atoms with E-state index in [1.54, 1.807) is 0 Å². The SMILES string of the molecule is CN=C(NCCc1ccc2c(c1)CCO2)NCCN(C(C)C)C1CC1.I. The highest BCUT2D eigenvalue weighted by molar-refractivity contribution is 14.0. The van der Waals surface area contributed by atoms with Crippen LogP contribution in [0.3, 0.4) is 0 Å². The van der Waals surface area contributed by atoms with Crippen molar-refractivity contribution in [2.75, 3.05) is 33.3 Å². The summed E-state index contributed by atoms with van der Waals surface area (Å²) in [6.07, 6.45) is 4.75. The maximum absolute atomic E-state index is 5.57. The molecule has 6 heteroatoms. The van der Waals surface area contributed by atoms with Crippen LogP contribution in [-0.4, -0.2) is 56.2 Å². The molecule has 26 heavy (non-hydrogen) atoms. The van der Waals surface area contributed by atoms with Gasteiger partial charge in [0.1, 0.15) is 5.75 Å². The predicted octanol–water partition coefficient (Wildman–Crippen LogP) is 2.82. The normalized spacial score (nSPS) is 16.3. The van der Waals surface area contributed by atoms with Gasteiger partial charge < -0.3 is 15.4 Å². The number of rotatable bonds is 8. The average molecular weight is 472 g/mol. The van der Waals surface area contributed by atoms with Gasteiger partial charge in [0.2, 0.25) is 0 Å². The van der Waals surface area contributed by atoms with E-state index >= 15 is 0 Å². The fraction of sp³-hybridized carbons (Fsp3) is 0.650. The molecule has 5 nitrogen and oxygen atoms in total. The lowest BCUT2D eigenvalue weighted by atomic mass is 10.1. The van der Waals surface area contributed by atoms with Crippen molar-refractivity contribution in [3.63, 3.8) is 0 Å². The molecule has 1 aliphatic heterocycles. The maximum atomic E-state index is 5.57. The molecular formula is C20H33IN4O. The number of guanidine groups is 1. The molecule has 0 atom stereocenters. The summed E-state index contributed by atoms with van der Waals surface area (Å²) in [6, 6.07) is 7.96. The van der Waals surface area contributed by atoms with Gasteiger partial charge in [-0.2, -0.15) is 0 Å². The molecule has 1 aliphatic carbocycles. The highest BCUT2D eigenvalue weighted by atomic mass is 127. The number of fused-ring (bicyclic) bond motifs is 1. The first-order valence-electron chi connectivity index (χ1n) is 9.62. The van der Waals surface area contributed by atoms with Gasteiger partial charge >= 0.3 is 0 Å². The van der Waals surface area contributed by atoms with Crippen LogP contribution in [0.2, 0.25) is 0 Å². The molecule has 0 spiro atoms. The van der Waals surface area contributed by atoms with E-state index < -0.39 is 0 Å². The topological polar surface area (TPSA) is 48.9 Å². The number of ether oxygens (including phenoxy) is 1. The molecule has 0 radical (unpaired) electrons. The molecule has 3 rings (SSSR count). The quantitative estimate of drug-likeness (QED) is 0.347. The van der Waals surface area contributed by atoms with E-state index in [0.29, 0.717) is 6.04 Å². The fourth-order valence-corrected chi connectivity index (χ4v) is 3.51. The van der Waals surface area contributed by atoms with Crippen molar-refractivity contribution in [2.45, 2.75) is 51.6 Å². The summed E-state index contributed by atoms with van der Waals surface area (Å²) in [7, 11) is 1.84. The smallest absolute Gasteiger partial charge is 0.191 e. The Morgan fingerprint density at radius 3 is 2.73 bits per heavy atom. The molecule has 1 fully saturated rings. The van der Waals surface area contributed by atoms with Gasteiger partial charge in [-0.15, -0.1) is 24.0 Å². The summed E-state index contributed by atoms with van der Waals surface area (Å²) < 4.78 is 5.57. The van der Waals surface area contributed by atoms with Crippen LogP contribution < -0.4 is 15.4 Å². The summed E-state index contributed by atoms with van der Waals surface area (Å²) in [4.78, 5) is 6.93. The lowest BCUT2D eigenvalue weighted by Crippen LogP contribution is -2.44. The van der Waals surface area contributed by atoms with Gasteiger partial charge in [0, 0.05) is 45.2 Å². The van der Waals surface area contributed by atoms with Crippen LogP contribution in [0.15, 0.2) is 23.2 Å². The first-order chi connectivity index (χ1) is 12.2. The van der Waals surface area contributed by atoms with Crippen LogP contribution in [0.4, 0.5) is 0 Å². The number of hydrogen-bond acceptors (Lipinski definition) is 3. The average Bonchev–Trinajstić information content (AvgIpc) is 3.33. The molecule has 2 aliphatic rings. The Balaban J connectivity index is 0.00000243. The Morgan fingerprint density at radius 2 is 2.04 bits per heavy atom. The lowest BCUT2D eigenvalue weighted by molar-refractivity contribution is 0.215. The van der Waals surface area contributed by atoms with Gasteiger partial charge in [-0.3, -0.25) is 9.89 Å². The van der Waals surface area contributed by atoms with Crippen molar-refractivity contribution in [2.24, 2.45) is 4.99 Å². The minimum Gasteiger partial charge on any atom is -0.493 e. The Bertz CT molecular complexity index is 599. The number of benzene rings is 1. The number of aliphatic imine (C=N–C) groups is 1. The second kappa shape index (κ2) is 10.3. The van der Waals surface area contributed by atoms with E-state index in [9.17, 15) is 0 Å². The molecule has 0 aromatic heterocycles. The zero-order valence-electron chi connectivity index (χ0n) is 16.3. The van der Waals surface area contributed by atoms with Gasteiger partial charge in [-0.25, -0.2) is 0 Å². The second-order valence-electron chi connectivity index (χ2n) is 7.28. The van der Waals surface area contributed by atoms with Crippen LogP contribution >= 0.6 is 24.0 Å². The highest BCUT2D eigenvalue weighted by Crippen LogP contribution is 2.28. The summed E-state index contributed by atoms with van der Waals surface area (Å²) in [5.41, 5.74) is 2.70. The second-order valence-corrected chi connectivity index (χ2v) is 7.28. The monoisotopic (exact) mass is 472 g/mol. The Hall–Kier alpha value is -1.02. The predicted molar refractivity (Wildman–Crippen MR) is 119 cm³/mol. The molecule has 146 valence electrons. The largest absolute Gasteiger partial charge is 0.493 e. The van der Waals surface area contributed by atoms with Gasteiger partial charge in [0.15, 0.2) is 5.96 Å². The number of hydrogen-bond donors (Lipinski definition) is 2. The highest BCUT2D eigenvalue weighted by Gasteiger charge is 2.30. The van der Waals surface area contributed by atoms with Gasteiger partial charge in [0.05, 0.1) is 6.61 Å². The van der Waals surface area contributed by atoms with Crippen LogP contribution in [0.1, 0.15) is 37.8 Å². The molecule has 0 amide bonds. The van der Waals surface area contributed by atoms with E-state index in [4.69, 9.17) is 4.74 Å². The van der Waals surface area contributed by atoms with E-state index in [1.165, 1.54) is 24.0 Å². The maximum Gasteiger partial charge on any atom is 0.191 e. The molecule has 0 unspecified atom stereocenters. The van der Waals surface area contributed by atoms with E-state index in [0.717, 1.165) is 56.8 Å². The van der Waals surface area contributed by atoms with Crippen molar-refractivity contribution in [1.82, 2.24) is 15.5 Å². The molecule has 1 aromatic rings. The van der Waals surface area contributed by atoms with E-state index in [-0.39, 0.29) is 24.0 Å². The summed E-state index contributed by atoms with van der Waals surface area (Å²) >= 11 is 0. The third-order valence-corrected chi connectivity index (χ3v) is 5.03. The standard InChI is InChI=1S/C20H32N4O.HI/c1-15(2)24(18-5-6-18)12-11-23-20(21-3)22-10-8-16-4-7-19-17(14-16)9-13-25-19;/h4,7,14-15,18H,5-6,8-13H2,1-3H3,(H2,21,22,23);1H. The van der Waals surface area contributed by atoms with Gasteiger partial charge in [0.25, 0.3) is 0 Å². The Morgan fingerprint density at radius 1 is 1.27 bits per heavy atom. The van der Waals surface area contributed by atoms with Crippen molar-refractivity contribution >= 4 is 29.9 Å². The van der Waals surface area contributed by atoms with Crippen LogP contribution in [0.5, 0.6) is 5.75 Å². The first-order valence-corrected chi connectivity index (χ1v) is 9.62. The van der Waals surface area contributed by atoms with Crippen LogP contribution in [-0.2, 0) is 12.8 Å². The van der Waals surface area contributed by atoms with Gasteiger partial charge in [-0.05, 0) is 50.3 Å². The Labute approximate surface area is 175 Å². The number of nitrogens with one attached hydrogen (secondary N) is 2. The fourth-order valence-electron chi connectivity index (χ4n) is 3.51. The zero-order chi connectivity index (χ0) is 17.6. The van der Waals surface area contributed by atoms with Crippen molar-refractivity contribution in [1.29, 1.82) is 0 Å². The van der Waals surface area contributed by atoms with Crippen LogP contribution in [0, 0.1) is 0 Å². The van der Waals surface area contributed by atoms with Crippen molar-refractivity contribution in [3.8, 4) is 5.75 Å². The van der Waals surface area contributed by atoms with E-state index in [2.05, 4.69) is 52.6 Å². The summed E-state index contributed by atoms with van der Waals surface area (Å²) in [5.74, 6) is 1.95. The van der Waals surface area contributed by atoms with E-state index in [1.807, 2.05) is 7.05 Å². The van der Waals surface area contributed by atoms with Crippen molar-refractivity contribution < 1.29 is 4.74 Å². The molecule has 0 bridgehead atoms. The zero-order valence-corrected chi connectivity index (χ0v) is 18.6. The molecule has 2 N–H and O–H groups in total. The minimum atomic E-state index is 0. The molecule has 1 saturated carbocycles. The molecule has 0 saturated heterocycles.